The third-order valence-electron chi connectivity index (χ3n) is 2.94. The minimum atomic E-state index is -0.403. The predicted octanol–water partition coefficient (Wildman–Crippen LogP) is 2.55. The van der Waals surface area contributed by atoms with Crippen molar-refractivity contribution in [3.05, 3.63) is 40.6 Å². The number of non-ortho nitro benzene ring substituents is 1. The molecule has 0 fully saturated rings. The fourth-order valence-corrected chi connectivity index (χ4v) is 2.02. The molecule has 0 saturated carbocycles. The molecule has 0 spiro atoms. The van der Waals surface area contributed by atoms with Crippen molar-refractivity contribution >= 4 is 22.3 Å². The van der Waals surface area contributed by atoms with Crippen LogP contribution in [0.5, 0.6) is 0 Å². The molecule has 1 heterocycles. The summed E-state index contributed by atoms with van der Waals surface area (Å²) in [6, 6.07) is 7.26. The lowest BCUT2D eigenvalue weighted by molar-refractivity contribution is -0.383. The van der Waals surface area contributed by atoms with Crippen LogP contribution < -0.4 is 10.6 Å². The molecule has 1 aromatic carbocycles. The van der Waals surface area contributed by atoms with Crippen LogP contribution >= 0.6 is 0 Å². The normalized spacial score (nSPS) is 10.9. The molecule has 0 radical (unpaired) electrons. The molecule has 0 unspecified atom stereocenters. The summed E-state index contributed by atoms with van der Waals surface area (Å²) < 4.78 is 0. The summed E-state index contributed by atoms with van der Waals surface area (Å²) in [5.41, 5.74) is 1.31. The van der Waals surface area contributed by atoms with Gasteiger partial charge in [-0.1, -0.05) is 26.0 Å². The highest BCUT2D eigenvalue weighted by atomic mass is 16.6. The number of pyridine rings is 1. The van der Waals surface area contributed by atoms with E-state index in [1.54, 1.807) is 12.3 Å². The smallest absolute Gasteiger partial charge is 0.295 e. The molecule has 0 aliphatic carbocycles. The lowest BCUT2D eigenvalue weighted by Crippen LogP contribution is -2.28. The van der Waals surface area contributed by atoms with Crippen molar-refractivity contribution in [1.82, 2.24) is 10.3 Å². The second-order valence-electron chi connectivity index (χ2n) is 4.82. The number of aromatic nitrogens is 1. The Hall–Kier alpha value is -2.21. The third kappa shape index (κ3) is 3.21. The van der Waals surface area contributed by atoms with Gasteiger partial charge in [0.25, 0.3) is 5.69 Å². The van der Waals surface area contributed by atoms with E-state index in [1.165, 1.54) is 6.07 Å². The quantitative estimate of drug-likeness (QED) is 0.480. The molecule has 6 heteroatoms. The van der Waals surface area contributed by atoms with Crippen LogP contribution in [0.25, 0.3) is 10.9 Å². The zero-order valence-corrected chi connectivity index (χ0v) is 11.6. The number of nitro benzene ring substituents is 1. The number of nitrogens with one attached hydrogen (secondary N) is 2. The third-order valence-corrected chi connectivity index (χ3v) is 2.94. The number of anilines is 1. The highest BCUT2D eigenvalue weighted by Gasteiger charge is 2.13. The number of hydrogen-bond acceptors (Lipinski definition) is 5. The maximum Gasteiger partial charge on any atom is 0.295 e. The summed E-state index contributed by atoms with van der Waals surface area (Å²) in [6.07, 6.45) is 1.59. The van der Waals surface area contributed by atoms with Gasteiger partial charge in [0.1, 0.15) is 5.52 Å². The molecule has 1 aromatic heterocycles. The molecule has 0 bridgehead atoms. The molecule has 6 nitrogen and oxygen atoms in total. The van der Waals surface area contributed by atoms with Crippen molar-refractivity contribution in [2.45, 2.75) is 19.9 Å². The average molecular weight is 274 g/mol. The molecule has 2 aromatic rings. The van der Waals surface area contributed by atoms with E-state index in [4.69, 9.17) is 0 Å². The van der Waals surface area contributed by atoms with Crippen molar-refractivity contribution in [2.24, 2.45) is 0 Å². The molecule has 106 valence electrons. The molecule has 0 saturated heterocycles. The summed E-state index contributed by atoms with van der Waals surface area (Å²) >= 11 is 0. The number of benzene rings is 1. The number of fused-ring (bicyclic) bond motifs is 1. The SMILES string of the molecule is CC(C)NCCNc1ccnc2c([N+](=O)[O-])cccc12. The van der Waals surface area contributed by atoms with Gasteiger partial charge < -0.3 is 10.6 Å². The number of nitro groups is 1. The molecule has 2 N–H and O–H groups in total. The summed E-state index contributed by atoms with van der Waals surface area (Å²) in [6.45, 7) is 5.76. The molecular weight excluding hydrogens is 256 g/mol. The number of para-hydroxylation sites is 1. The van der Waals surface area contributed by atoms with Crippen LogP contribution in [-0.2, 0) is 0 Å². The van der Waals surface area contributed by atoms with Gasteiger partial charge in [-0.3, -0.25) is 10.1 Å². The van der Waals surface area contributed by atoms with Gasteiger partial charge in [-0.15, -0.1) is 0 Å². The van der Waals surface area contributed by atoms with Gasteiger partial charge in [0.2, 0.25) is 0 Å². The van der Waals surface area contributed by atoms with Gasteiger partial charge in [-0.2, -0.15) is 0 Å². The Morgan fingerprint density at radius 2 is 2.10 bits per heavy atom. The maximum absolute atomic E-state index is 11.0. The molecule has 0 atom stereocenters. The maximum atomic E-state index is 11.0. The first-order valence-corrected chi connectivity index (χ1v) is 6.59. The van der Waals surface area contributed by atoms with Gasteiger partial charge >= 0.3 is 0 Å². The Balaban J connectivity index is 2.22. The van der Waals surface area contributed by atoms with Crippen LogP contribution in [0, 0.1) is 10.1 Å². The first-order valence-electron chi connectivity index (χ1n) is 6.59. The second-order valence-corrected chi connectivity index (χ2v) is 4.82. The molecule has 20 heavy (non-hydrogen) atoms. The van der Waals surface area contributed by atoms with Gasteiger partial charge in [-0.05, 0) is 6.07 Å². The van der Waals surface area contributed by atoms with Crippen molar-refractivity contribution in [2.75, 3.05) is 18.4 Å². The molecular formula is C14H18N4O2. The molecule has 0 aliphatic rings. The van der Waals surface area contributed by atoms with Crippen molar-refractivity contribution < 1.29 is 4.92 Å². The van der Waals surface area contributed by atoms with Crippen molar-refractivity contribution in [3.8, 4) is 0 Å². The molecule has 0 aliphatic heterocycles. The fourth-order valence-electron chi connectivity index (χ4n) is 2.02. The van der Waals surface area contributed by atoms with Crippen molar-refractivity contribution in [1.29, 1.82) is 0 Å². The molecule has 0 amide bonds. The van der Waals surface area contributed by atoms with Crippen LogP contribution in [0.3, 0.4) is 0 Å². The fraction of sp³-hybridized carbons (Fsp3) is 0.357. The Kier molecular flexibility index (Phi) is 4.47. The van der Waals surface area contributed by atoms with E-state index in [2.05, 4.69) is 29.5 Å². The van der Waals surface area contributed by atoms with Crippen LogP contribution in [0.15, 0.2) is 30.5 Å². The highest BCUT2D eigenvalue weighted by molar-refractivity contribution is 5.96. The largest absolute Gasteiger partial charge is 0.383 e. The summed E-state index contributed by atoms with van der Waals surface area (Å²) in [7, 11) is 0. The zero-order valence-electron chi connectivity index (χ0n) is 11.6. The van der Waals surface area contributed by atoms with E-state index < -0.39 is 4.92 Å². The average Bonchev–Trinajstić information content (AvgIpc) is 2.42. The van der Waals surface area contributed by atoms with Crippen LogP contribution in [0.4, 0.5) is 11.4 Å². The zero-order chi connectivity index (χ0) is 14.5. The lowest BCUT2D eigenvalue weighted by atomic mass is 10.1. The Labute approximate surface area is 117 Å². The van der Waals surface area contributed by atoms with E-state index in [0.717, 1.165) is 24.2 Å². The van der Waals surface area contributed by atoms with Crippen LogP contribution in [0.2, 0.25) is 0 Å². The van der Waals surface area contributed by atoms with Gasteiger partial charge in [0, 0.05) is 42.5 Å². The van der Waals surface area contributed by atoms with Crippen LogP contribution in [-0.4, -0.2) is 29.0 Å². The Morgan fingerprint density at radius 3 is 2.80 bits per heavy atom. The van der Waals surface area contributed by atoms with Crippen molar-refractivity contribution in [3.63, 3.8) is 0 Å². The Morgan fingerprint density at radius 1 is 1.30 bits per heavy atom. The highest BCUT2D eigenvalue weighted by Crippen LogP contribution is 2.28. The van der Waals surface area contributed by atoms with Crippen LogP contribution in [0.1, 0.15) is 13.8 Å². The van der Waals surface area contributed by atoms with E-state index >= 15 is 0 Å². The van der Waals surface area contributed by atoms with E-state index in [1.807, 2.05) is 12.1 Å². The topological polar surface area (TPSA) is 80.1 Å². The standard InChI is InChI=1S/C14H18N4O2/c1-10(2)15-8-9-16-12-6-7-17-14-11(12)4-3-5-13(14)18(19)20/h3-7,10,15H,8-9H2,1-2H3,(H,16,17). The summed E-state index contributed by atoms with van der Waals surface area (Å²) in [4.78, 5) is 14.7. The van der Waals surface area contributed by atoms with E-state index in [9.17, 15) is 10.1 Å². The first kappa shape index (κ1) is 14.2. The Bertz CT molecular complexity index is 613. The van der Waals surface area contributed by atoms with E-state index in [-0.39, 0.29) is 5.69 Å². The summed E-state index contributed by atoms with van der Waals surface area (Å²) in [5.74, 6) is 0. The van der Waals surface area contributed by atoms with E-state index in [0.29, 0.717) is 11.6 Å². The molecule has 2 rings (SSSR count). The number of rotatable bonds is 6. The number of nitrogens with zero attached hydrogens (tertiary/aromatic N) is 2. The lowest BCUT2D eigenvalue weighted by Gasteiger charge is -2.11. The minimum absolute atomic E-state index is 0.0338. The second kappa shape index (κ2) is 6.29. The monoisotopic (exact) mass is 274 g/mol. The summed E-state index contributed by atoms with van der Waals surface area (Å²) in [5, 5.41) is 18.4. The van der Waals surface area contributed by atoms with Gasteiger partial charge in [0.15, 0.2) is 0 Å². The predicted molar refractivity (Wildman–Crippen MR) is 80.0 cm³/mol. The minimum Gasteiger partial charge on any atom is -0.383 e. The number of hydrogen-bond donors (Lipinski definition) is 2. The first-order chi connectivity index (χ1) is 9.59. The van der Waals surface area contributed by atoms with Gasteiger partial charge in [-0.25, -0.2) is 4.98 Å². The van der Waals surface area contributed by atoms with Gasteiger partial charge in [0.05, 0.1) is 4.92 Å².